The highest BCUT2D eigenvalue weighted by Gasteiger charge is 2.14. The predicted molar refractivity (Wildman–Crippen MR) is 91.8 cm³/mol. The molecule has 0 fully saturated rings. The van der Waals surface area contributed by atoms with Crippen LogP contribution in [0.15, 0.2) is 33.9 Å². The van der Waals surface area contributed by atoms with Gasteiger partial charge in [-0.2, -0.15) is 0 Å². The van der Waals surface area contributed by atoms with E-state index in [0.29, 0.717) is 12.3 Å². The number of nitrogens with zero attached hydrogens (tertiary/aromatic N) is 4. The van der Waals surface area contributed by atoms with Crippen molar-refractivity contribution in [3.05, 3.63) is 40.1 Å². The quantitative estimate of drug-likeness (QED) is 0.720. The van der Waals surface area contributed by atoms with Gasteiger partial charge in [0.25, 0.3) is 0 Å². The molecule has 7 heteroatoms. The number of benzene rings is 1. The average molecular weight is 383 g/mol. The molecule has 1 heterocycles. The van der Waals surface area contributed by atoms with Crippen molar-refractivity contribution in [1.29, 1.82) is 0 Å². The van der Waals surface area contributed by atoms with Gasteiger partial charge in [-0.15, -0.1) is 10.2 Å². The number of halogens is 1. The highest BCUT2D eigenvalue weighted by atomic mass is 79.9. The van der Waals surface area contributed by atoms with E-state index in [1.807, 2.05) is 49.7 Å². The van der Waals surface area contributed by atoms with E-state index in [1.165, 1.54) is 11.8 Å². The van der Waals surface area contributed by atoms with Crippen LogP contribution in [0.4, 0.5) is 0 Å². The van der Waals surface area contributed by atoms with Crippen molar-refractivity contribution in [3.8, 4) is 0 Å². The van der Waals surface area contributed by atoms with Gasteiger partial charge in [0.1, 0.15) is 5.82 Å². The second-order valence-electron chi connectivity index (χ2n) is 4.90. The molecule has 0 bridgehead atoms. The van der Waals surface area contributed by atoms with Crippen LogP contribution in [-0.2, 0) is 17.9 Å². The van der Waals surface area contributed by atoms with Gasteiger partial charge < -0.3 is 9.47 Å². The molecule has 0 aliphatic heterocycles. The minimum Gasteiger partial charge on any atom is -0.341 e. The van der Waals surface area contributed by atoms with Crippen LogP contribution < -0.4 is 0 Å². The van der Waals surface area contributed by atoms with Crippen molar-refractivity contribution in [2.24, 2.45) is 0 Å². The molecule has 118 valence electrons. The molecular formula is C15H19BrN4OS. The molecule has 22 heavy (non-hydrogen) atoms. The Morgan fingerprint density at radius 1 is 1.36 bits per heavy atom. The lowest BCUT2D eigenvalue weighted by Gasteiger charge is -2.17. The first kappa shape index (κ1) is 17.0. The summed E-state index contributed by atoms with van der Waals surface area (Å²) in [7, 11) is 1.82. The molecule has 5 nitrogen and oxygen atoms in total. The Kier molecular flexibility index (Phi) is 6.02. The zero-order valence-corrected chi connectivity index (χ0v) is 15.3. The van der Waals surface area contributed by atoms with Crippen LogP contribution in [0.1, 0.15) is 18.3 Å². The molecule has 0 saturated carbocycles. The van der Waals surface area contributed by atoms with Crippen molar-refractivity contribution < 1.29 is 4.79 Å². The van der Waals surface area contributed by atoms with Gasteiger partial charge in [-0.3, -0.25) is 4.79 Å². The van der Waals surface area contributed by atoms with Crippen molar-refractivity contribution >= 4 is 33.6 Å². The molecule has 1 aromatic carbocycles. The highest BCUT2D eigenvalue weighted by molar-refractivity contribution is 9.10. The zero-order chi connectivity index (χ0) is 16.1. The van der Waals surface area contributed by atoms with Crippen LogP contribution in [0, 0.1) is 6.92 Å². The number of amides is 1. The maximum atomic E-state index is 12.3. The number of hydrogen-bond donors (Lipinski definition) is 0. The van der Waals surface area contributed by atoms with Gasteiger partial charge in [0.2, 0.25) is 5.91 Å². The van der Waals surface area contributed by atoms with Crippen molar-refractivity contribution in [2.75, 3.05) is 12.8 Å². The first-order valence-corrected chi connectivity index (χ1v) is 8.80. The van der Waals surface area contributed by atoms with Crippen LogP contribution in [0.25, 0.3) is 0 Å². The van der Waals surface area contributed by atoms with E-state index in [2.05, 4.69) is 26.1 Å². The molecule has 0 aliphatic carbocycles. The summed E-state index contributed by atoms with van der Waals surface area (Å²) in [6, 6.07) is 7.93. The number of hydrogen-bond acceptors (Lipinski definition) is 4. The fraction of sp³-hybridized carbons (Fsp3) is 0.400. The minimum atomic E-state index is 0.0732. The molecule has 0 atom stereocenters. The number of aryl methyl sites for hydroxylation is 1. The Morgan fingerprint density at radius 2 is 2.09 bits per heavy atom. The third kappa shape index (κ3) is 4.10. The normalized spacial score (nSPS) is 10.7. The number of carbonyl (C=O) groups is 1. The van der Waals surface area contributed by atoms with Gasteiger partial charge in [0.05, 0.1) is 5.75 Å². The summed E-state index contributed by atoms with van der Waals surface area (Å²) in [5.74, 6) is 1.31. The second-order valence-corrected chi connectivity index (χ2v) is 6.70. The molecule has 0 N–H and O–H groups in total. The van der Waals surface area contributed by atoms with Gasteiger partial charge in [-0.1, -0.05) is 45.9 Å². The first-order chi connectivity index (χ1) is 10.5. The zero-order valence-electron chi connectivity index (χ0n) is 12.9. The maximum Gasteiger partial charge on any atom is 0.233 e. The summed E-state index contributed by atoms with van der Waals surface area (Å²) >= 11 is 4.94. The fourth-order valence-electron chi connectivity index (χ4n) is 2.04. The largest absolute Gasteiger partial charge is 0.341 e. The summed E-state index contributed by atoms with van der Waals surface area (Å²) in [6.07, 6.45) is 0. The topological polar surface area (TPSA) is 51.0 Å². The van der Waals surface area contributed by atoms with Crippen LogP contribution >= 0.6 is 27.7 Å². The number of thioether (sulfide) groups is 1. The van der Waals surface area contributed by atoms with Gasteiger partial charge >= 0.3 is 0 Å². The molecule has 0 aliphatic rings. The summed E-state index contributed by atoms with van der Waals surface area (Å²) in [6.45, 7) is 5.35. The van der Waals surface area contributed by atoms with Crippen molar-refractivity contribution in [2.45, 2.75) is 32.1 Å². The molecule has 2 aromatic rings. The SMILES string of the molecule is CCn1c(C)nnc1SCC(=O)N(C)Cc1ccccc1Br. The third-order valence-electron chi connectivity index (χ3n) is 3.33. The van der Waals surface area contributed by atoms with E-state index in [4.69, 9.17) is 0 Å². The molecule has 1 amide bonds. The Balaban J connectivity index is 1.93. The van der Waals surface area contributed by atoms with Crippen LogP contribution in [0.2, 0.25) is 0 Å². The molecule has 1 aromatic heterocycles. The Hall–Kier alpha value is -1.34. The van der Waals surface area contributed by atoms with E-state index in [0.717, 1.165) is 27.6 Å². The Morgan fingerprint density at radius 3 is 2.77 bits per heavy atom. The van der Waals surface area contributed by atoms with Crippen LogP contribution in [-0.4, -0.2) is 38.4 Å². The van der Waals surface area contributed by atoms with E-state index < -0.39 is 0 Å². The van der Waals surface area contributed by atoms with Crippen LogP contribution in [0.5, 0.6) is 0 Å². The summed E-state index contributed by atoms with van der Waals surface area (Å²) < 4.78 is 3.02. The predicted octanol–water partition coefficient (Wildman–Crippen LogP) is 3.12. The van der Waals surface area contributed by atoms with E-state index in [9.17, 15) is 4.79 Å². The smallest absolute Gasteiger partial charge is 0.233 e. The Labute approximate surface area is 143 Å². The molecule has 0 saturated heterocycles. The number of rotatable bonds is 6. The molecule has 0 radical (unpaired) electrons. The molecule has 0 spiro atoms. The molecule has 2 rings (SSSR count). The summed E-state index contributed by atoms with van der Waals surface area (Å²) in [5, 5.41) is 8.96. The van der Waals surface area contributed by atoms with Crippen molar-refractivity contribution in [3.63, 3.8) is 0 Å². The Bertz CT molecular complexity index is 659. The second kappa shape index (κ2) is 7.78. The average Bonchev–Trinajstić information content (AvgIpc) is 2.87. The summed E-state index contributed by atoms with van der Waals surface area (Å²) in [5.41, 5.74) is 1.09. The van der Waals surface area contributed by atoms with Crippen molar-refractivity contribution in [1.82, 2.24) is 19.7 Å². The number of aromatic nitrogens is 3. The molecular weight excluding hydrogens is 364 g/mol. The van der Waals surface area contributed by atoms with E-state index >= 15 is 0 Å². The molecule has 0 unspecified atom stereocenters. The van der Waals surface area contributed by atoms with Gasteiger partial charge in [0.15, 0.2) is 5.16 Å². The lowest BCUT2D eigenvalue weighted by Crippen LogP contribution is -2.28. The first-order valence-electron chi connectivity index (χ1n) is 7.03. The standard InChI is InChI=1S/C15H19BrN4OS/c1-4-20-11(2)17-18-15(20)22-10-14(21)19(3)9-12-7-5-6-8-13(12)16/h5-8H,4,9-10H2,1-3H3. The van der Waals surface area contributed by atoms with Gasteiger partial charge in [0, 0.05) is 24.6 Å². The lowest BCUT2D eigenvalue weighted by atomic mass is 10.2. The monoisotopic (exact) mass is 382 g/mol. The third-order valence-corrected chi connectivity index (χ3v) is 5.06. The van der Waals surface area contributed by atoms with Gasteiger partial charge in [-0.25, -0.2) is 0 Å². The highest BCUT2D eigenvalue weighted by Crippen LogP contribution is 2.20. The van der Waals surface area contributed by atoms with Gasteiger partial charge in [-0.05, 0) is 25.5 Å². The van der Waals surface area contributed by atoms with E-state index in [1.54, 1.807) is 4.90 Å². The van der Waals surface area contributed by atoms with E-state index in [-0.39, 0.29) is 5.91 Å². The lowest BCUT2D eigenvalue weighted by molar-refractivity contribution is -0.127. The maximum absolute atomic E-state index is 12.3. The van der Waals surface area contributed by atoms with Crippen LogP contribution in [0.3, 0.4) is 0 Å². The minimum absolute atomic E-state index is 0.0732. The fourth-order valence-corrected chi connectivity index (χ4v) is 3.44. The summed E-state index contributed by atoms with van der Waals surface area (Å²) in [4.78, 5) is 14.0. The number of carbonyl (C=O) groups excluding carboxylic acids is 1.